The van der Waals surface area contributed by atoms with Gasteiger partial charge in [-0.1, -0.05) is 48.5 Å². The average Bonchev–Trinajstić information content (AvgIpc) is 2.71. The molecule has 0 bridgehead atoms. The van der Waals surface area contributed by atoms with Gasteiger partial charge in [0.2, 0.25) is 0 Å². The van der Waals surface area contributed by atoms with Crippen LogP contribution in [-0.4, -0.2) is 31.0 Å². The fraction of sp³-hybridized carbons (Fsp3) is 0.130. The highest BCUT2D eigenvalue weighted by Crippen LogP contribution is 2.36. The summed E-state index contributed by atoms with van der Waals surface area (Å²) in [5.41, 5.74) is -3.00. The normalized spacial score (nSPS) is 12.1. The van der Waals surface area contributed by atoms with Crippen molar-refractivity contribution in [1.29, 1.82) is 0 Å². The summed E-state index contributed by atoms with van der Waals surface area (Å²) in [6.07, 6.45) is 4.53. The van der Waals surface area contributed by atoms with Crippen LogP contribution in [0.4, 0.5) is 13.2 Å². The molecule has 0 atom stereocenters. The first-order chi connectivity index (χ1) is 14.5. The van der Waals surface area contributed by atoms with Crippen LogP contribution < -0.4 is 0 Å². The molecule has 0 saturated carbocycles. The molecule has 0 spiro atoms. The maximum atomic E-state index is 10.7. The lowest BCUT2D eigenvalue weighted by molar-refractivity contribution is -0.0517. The molecule has 0 fully saturated rings. The molecule has 162 valence electrons. The molecular formula is C23H19F3O3S2. The van der Waals surface area contributed by atoms with Crippen molar-refractivity contribution in [2.75, 3.05) is 12.5 Å². The summed E-state index contributed by atoms with van der Waals surface area (Å²) < 4.78 is 58.9. The number of rotatable bonds is 2. The summed E-state index contributed by atoms with van der Waals surface area (Å²) in [6, 6.07) is 28.7. The van der Waals surface area contributed by atoms with Gasteiger partial charge in [0.05, 0.1) is 0 Å². The molecule has 0 aliphatic rings. The Labute approximate surface area is 181 Å². The lowest BCUT2D eigenvalue weighted by Crippen LogP contribution is -2.21. The zero-order chi connectivity index (χ0) is 22.8. The SMILES string of the molecule is C[S+](C)c1ccc(-c2c3ccccc3cc3ccccc23)cc1.O=S(=O)([O-])C(F)(F)F. The molecule has 0 heterocycles. The number of fused-ring (bicyclic) bond motifs is 2. The third-order valence-electron chi connectivity index (χ3n) is 4.67. The molecule has 4 aromatic carbocycles. The lowest BCUT2D eigenvalue weighted by Gasteiger charge is -2.12. The van der Waals surface area contributed by atoms with E-state index in [1.807, 2.05) is 0 Å². The van der Waals surface area contributed by atoms with Gasteiger partial charge >= 0.3 is 5.51 Å². The van der Waals surface area contributed by atoms with Gasteiger partial charge in [0, 0.05) is 10.9 Å². The molecule has 0 radical (unpaired) electrons. The second kappa shape index (κ2) is 8.90. The number of alkyl halides is 3. The molecule has 0 unspecified atom stereocenters. The Morgan fingerprint density at radius 3 is 1.58 bits per heavy atom. The fourth-order valence-electron chi connectivity index (χ4n) is 3.22. The second-order valence-electron chi connectivity index (χ2n) is 6.93. The molecule has 0 N–H and O–H groups in total. The molecule has 0 aliphatic carbocycles. The molecule has 0 aromatic heterocycles. The third kappa shape index (κ3) is 5.20. The Hall–Kier alpha value is -2.55. The molecule has 4 rings (SSSR count). The largest absolute Gasteiger partial charge is 0.741 e. The molecular weight excluding hydrogens is 445 g/mol. The van der Waals surface area contributed by atoms with Crippen molar-refractivity contribution in [3.8, 4) is 11.1 Å². The van der Waals surface area contributed by atoms with Gasteiger partial charge < -0.3 is 4.55 Å². The van der Waals surface area contributed by atoms with Crippen LogP contribution in [0, 0.1) is 0 Å². The maximum Gasteiger partial charge on any atom is 0.485 e. The highest BCUT2D eigenvalue weighted by Gasteiger charge is 2.36. The van der Waals surface area contributed by atoms with Crippen LogP contribution in [0.5, 0.6) is 0 Å². The summed E-state index contributed by atoms with van der Waals surface area (Å²) >= 11 is 0. The van der Waals surface area contributed by atoms with E-state index in [1.165, 1.54) is 37.6 Å². The Bertz CT molecular complexity index is 1260. The van der Waals surface area contributed by atoms with E-state index in [1.54, 1.807) is 0 Å². The van der Waals surface area contributed by atoms with E-state index < -0.39 is 15.6 Å². The minimum absolute atomic E-state index is 0.302. The Morgan fingerprint density at radius 1 is 0.774 bits per heavy atom. The van der Waals surface area contributed by atoms with Crippen LogP contribution in [0.3, 0.4) is 0 Å². The highest BCUT2D eigenvalue weighted by atomic mass is 32.2. The molecule has 0 saturated heterocycles. The number of hydrogen-bond donors (Lipinski definition) is 0. The first-order valence-corrected chi connectivity index (χ1v) is 12.5. The van der Waals surface area contributed by atoms with Gasteiger partial charge in [-0.3, -0.25) is 0 Å². The standard InChI is InChI=1S/C22H19S.CHF3O3S/c1-23(2)19-13-11-16(12-14-19)22-20-9-5-3-7-17(20)15-18-8-4-6-10-21(18)22;2-1(3,4)8(5,6)7/h3-15H,1-2H3;(H,5,6,7)/q+1;/p-1. The number of halogens is 3. The van der Waals surface area contributed by atoms with Gasteiger partial charge in [0.25, 0.3) is 0 Å². The van der Waals surface area contributed by atoms with E-state index in [0.29, 0.717) is 10.9 Å². The zero-order valence-electron chi connectivity index (χ0n) is 16.7. The van der Waals surface area contributed by atoms with Gasteiger partial charge in [0.1, 0.15) is 12.5 Å². The smallest absolute Gasteiger partial charge is 0.485 e. The summed E-state index contributed by atoms with van der Waals surface area (Å²) in [4.78, 5) is 1.42. The van der Waals surface area contributed by atoms with Crippen molar-refractivity contribution in [2.45, 2.75) is 10.4 Å². The van der Waals surface area contributed by atoms with Crippen LogP contribution in [0.1, 0.15) is 0 Å². The minimum atomic E-state index is -6.09. The van der Waals surface area contributed by atoms with Crippen molar-refractivity contribution in [3.05, 3.63) is 78.9 Å². The van der Waals surface area contributed by atoms with Gasteiger partial charge in [-0.05, 0) is 63.0 Å². The topological polar surface area (TPSA) is 57.2 Å². The second-order valence-corrected chi connectivity index (χ2v) is 10.4. The molecule has 3 nitrogen and oxygen atoms in total. The minimum Gasteiger partial charge on any atom is -0.741 e. The van der Waals surface area contributed by atoms with Crippen LogP contribution in [0.25, 0.3) is 32.7 Å². The molecule has 31 heavy (non-hydrogen) atoms. The summed E-state index contributed by atoms with van der Waals surface area (Å²) in [6.45, 7) is 0. The Morgan fingerprint density at radius 2 is 1.19 bits per heavy atom. The quantitative estimate of drug-likeness (QED) is 0.159. The highest BCUT2D eigenvalue weighted by molar-refractivity contribution is 7.95. The van der Waals surface area contributed by atoms with Crippen molar-refractivity contribution < 1.29 is 26.1 Å². The average molecular weight is 465 g/mol. The van der Waals surface area contributed by atoms with E-state index in [-0.39, 0.29) is 0 Å². The fourth-order valence-corrected chi connectivity index (χ4v) is 3.90. The van der Waals surface area contributed by atoms with Gasteiger partial charge in [-0.2, -0.15) is 13.2 Å². The van der Waals surface area contributed by atoms with Crippen molar-refractivity contribution in [3.63, 3.8) is 0 Å². The van der Waals surface area contributed by atoms with Crippen LogP contribution >= 0.6 is 0 Å². The zero-order valence-corrected chi connectivity index (χ0v) is 18.3. The Balaban J connectivity index is 0.000000293. The first-order valence-electron chi connectivity index (χ1n) is 9.10. The van der Waals surface area contributed by atoms with Crippen LogP contribution in [-0.2, 0) is 21.0 Å². The molecule has 4 aromatic rings. The molecule has 0 amide bonds. The number of benzene rings is 4. The van der Waals surface area contributed by atoms with Gasteiger partial charge in [-0.25, -0.2) is 8.42 Å². The van der Waals surface area contributed by atoms with E-state index >= 15 is 0 Å². The van der Waals surface area contributed by atoms with Crippen molar-refractivity contribution >= 4 is 42.6 Å². The Kier molecular flexibility index (Phi) is 6.64. The lowest BCUT2D eigenvalue weighted by atomic mass is 9.92. The van der Waals surface area contributed by atoms with Crippen LogP contribution in [0.15, 0.2) is 83.8 Å². The van der Waals surface area contributed by atoms with E-state index in [4.69, 9.17) is 13.0 Å². The van der Waals surface area contributed by atoms with Gasteiger partial charge in [-0.15, -0.1) is 0 Å². The monoisotopic (exact) mass is 464 g/mol. The van der Waals surface area contributed by atoms with Crippen LogP contribution in [0.2, 0.25) is 0 Å². The van der Waals surface area contributed by atoms with Crippen molar-refractivity contribution in [2.24, 2.45) is 0 Å². The predicted octanol–water partition coefficient (Wildman–Crippen LogP) is 5.95. The summed E-state index contributed by atoms with van der Waals surface area (Å²) in [5.74, 6) is 0. The van der Waals surface area contributed by atoms with E-state index in [2.05, 4.69) is 91.4 Å². The predicted molar refractivity (Wildman–Crippen MR) is 120 cm³/mol. The van der Waals surface area contributed by atoms with Crippen molar-refractivity contribution in [1.82, 2.24) is 0 Å². The molecule has 0 aliphatic heterocycles. The summed E-state index contributed by atoms with van der Waals surface area (Å²) in [7, 11) is -5.79. The summed E-state index contributed by atoms with van der Waals surface area (Å²) in [5, 5.41) is 5.25. The van der Waals surface area contributed by atoms with E-state index in [0.717, 1.165) is 0 Å². The van der Waals surface area contributed by atoms with Gasteiger partial charge in [0.15, 0.2) is 15.0 Å². The molecule has 8 heteroatoms. The van der Waals surface area contributed by atoms with E-state index in [9.17, 15) is 13.2 Å². The number of hydrogen-bond acceptors (Lipinski definition) is 3. The third-order valence-corrected chi connectivity index (χ3v) is 6.45. The maximum absolute atomic E-state index is 10.7. The first kappa shape index (κ1) is 23.1.